The van der Waals surface area contributed by atoms with Crippen LogP contribution in [0.5, 0.6) is 0 Å². The summed E-state index contributed by atoms with van der Waals surface area (Å²) in [4.78, 5) is 26.0. The average Bonchev–Trinajstić information content (AvgIpc) is 3.01. The first-order valence-corrected chi connectivity index (χ1v) is 9.15. The third-order valence-electron chi connectivity index (χ3n) is 5.42. The number of halogens is 2. The standard InChI is InChI=1S/C21H19F2N3O3/c1-11-8-25(10-17(11)24)19-7-18-14(6-16(19)23)20(27)15(21(28)29)9-26(18)13-4-2-12(22)3-5-13/h2-7,9,11,17H,8,10,24H2,1H3,(H,28,29). The van der Waals surface area contributed by atoms with Crippen LogP contribution in [0.3, 0.4) is 0 Å². The first kappa shape index (κ1) is 19.1. The summed E-state index contributed by atoms with van der Waals surface area (Å²) >= 11 is 0. The Hall–Kier alpha value is -3.26. The molecule has 29 heavy (non-hydrogen) atoms. The fourth-order valence-corrected chi connectivity index (χ4v) is 3.73. The second kappa shape index (κ2) is 6.97. The van der Waals surface area contributed by atoms with Crippen molar-refractivity contribution in [3.05, 3.63) is 70.0 Å². The predicted octanol–water partition coefficient (Wildman–Crippen LogP) is 2.75. The molecule has 0 amide bonds. The summed E-state index contributed by atoms with van der Waals surface area (Å²) in [5.74, 6) is -2.32. The Morgan fingerprint density at radius 2 is 1.86 bits per heavy atom. The number of nitrogens with two attached hydrogens (primary N) is 1. The zero-order valence-electron chi connectivity index (χ0n) is 15.6. The lowest BCUT2D eigenvalue weighted by molar-refractivity contribution is 0.0695. The highest BCUT2D eigenvalue weighted by Gasteiger charge is 2.29. The van der Waals surface area contributed by atoms with Crippen LogP contribution in [0.15, 0.2) is 47.4 Å². The van der Waals surface area contributed by atoms with Gasteiger partial charge < -0.3 is 20.3 Å². The maximum Gasteiger partial charge on any atom is 0.341 e. The van der Waals surface area contributed by atoms with Crippen molar-refractivity contribution in [2.24, 2.45) is 11.7 Å². The number of benzene rings is 2. The monoisotopic (exact) mass is 399 g/mol. The molecule has 0 bridgehead atoms. The van der Waals surface area contributed by atoms with E-state index in [2.05, 4.69) is 0 Å². The number of hydrogen-bond acceptors (Lipinski definition) is 4. The molecule has 1 fully saturated rings. The minimum Gasteiger partial charge on any atom is -0.477 e. The van der Waals surface area contributed by atoms with Crippen LogP contribution in [-0.2, 0) is 0 Å². The van der Waals surface area contributed by atoms with Gasteiger partial charge in [-0.25, -0.2) is 13.6 Å². The summed E-state index contributed by atoms with van der Waals surface area (Å²) in [5, 5.41) is 9.34. The maximum atomic E-state index is 14.9. The molecule has 3 aromatic rings. The fourth-order valence-electron chi connectivity index (χ4n) is 3.73. The maximum absolute atomic E-state index is 14.9. The molecule has 1 aliphatic rings. The summed E-state index contributed by atoms with van der Waals surface area (Å²) in [5.41, 5.74) is 5.86. The van der Waals surface area contributed by atoms with E-state index in [1.165, 1.54) is 41.1 Å². The molecule has 0 spiro atoms. The van der Waals surface area contributed by atoms with Crippen molar-refractivity contribution in [3.63, 3.8) is 0 Å². The number of pyridine rings is 1. The summed E-state index contributed by atoms with van der Waals surface area (Å²) in [6, 6.07) is 7.86. The smallest absolute Gasteiger partial charge is 0.341 e. The quantitative estimate of drug-likeness (QED) is 0.707. The Balaban J connectivity index is 2.00. The van der Waals surface area contributed by atoms with E-state index in [1.807, 2.05) is 11.8 Å². The van der Waals surface area contributed by atoms with Gasteiger partial charge in [0.15, 0.2) is 0 Å². The number of fused-ring (bicyclic) bond motifs is 1. The van der Waals surface area contributed by atoms with E-state index in [9.17, 15) is 23.5 Å². The molecule has 2 aromatic carbocycles. The lowest BCUT2D eigenvalue weighted by atomic mass is 10.1. The van der Waals surface area contributed by atoms with Crippen molar-refractivity contribution in [2.75, 3.05) is 18.0 Å². The van der Waals surface area contributed by atoms with Gasteiger partial charge in [-0.3, -0.25) is 4.79 Å². The van der Waals surface area contributed by atoms with Crippen molar-refractivity contribution < 1.29 is 18.7 Å². The van der Waals surface area contributed by atoms with Crippen molar-refractivity contribution >= 4 is 22.6 Å². The Morgan fingerprint density at radius 1 is 1.17 bits per heavy atom. The third kappa shape index (κ3) is 3.25. The molecular formula is C21H19F2N3O3. The lowest BCUT2D eigenvalue weighted by Gasteiger charge is -2.21. The number of anilines is 1. The topological polar surface area (TPSA) is 88.6 Å². The molecule has 2 unspecified atom stereocenters. The van der Waals surface area contributed by atoms with E-state index < -0.39 is 28.6 Å². The highest BCUT2D eigenvalue weighted by molar-refractivity contribution is 5.94. The van der Waals surface area contributed by atoms with Crippen LogP contribution in [0.4, 0.5) is 14.5 Å². The first-order valence-electron chi connectivity index (χ1n) is 9.15. The molecule has 8 heteroatoms. The van der Waals surface area contributed by atoms with E-state index in [1.54, 1.807) is 0 Å². The van der Waals surface area contributed by atoms with Gasteiger partial charge in [0.25, 0.3) is 0 Å². The molecule has 2 atom stereocenters. The van der Waals surface area contributed by atoms with Gasteiger partial charge in [0, 0.05) is 36.4 Å². The second-order valence-electron chi connectivity index (χ2n) is 7.39. The molecule has 0 radical (unpaired) electrons. The molecule has 1 aromatic heterocycles. The van der Waals surface area contributed by atoms with Gasteiger partial charge in [0.05, 0.1) is 11.2 Å². The Morgan fingerprint density at radius 3 is 2.45 bits per heavy atom. The minimum absolute atomic E-state index is 0.0629. The molecule has 150 valence electrons. The van der Waals surface area contributed by atoms with Crippen LogP contribution < -0.4 is 16.1 Å². The zero-order chi connectivity index (χ0) is 20.9. The van der Waals surface area contributed by atoms with E-state index in [0.29, 0.717) is 24.3 Å². The summed E-state index contributed by atoms with van der Waals surface area (Å²) in [6.07, 6.45) is 1.18. The first-order chi connectivity index (χ1) is 13.8. The molecule has 0 saturated carbocycles. The molecule has 3 N–H and O–H groups in total. The highest BCUT2D eigenvalue weighted by Crippen LogP contribution is 2.30. The molecule has 2 heterocycles. The van der Waals surface area contributed by atoms with Crippen LogP contribution in [0.1, 0.15) is 17.3 Å². The Kier molecular flexibility index (Phi) is 4.58. The molecule has 1 aliphatic heterocycles. The van der Waals surface area contributed by atoms with Crippen LogP contribution in [-0.4, -0.2) is 34.8 Å². The Bertz CT molecular complexity index is 1160. The summed E-state index contributed by atoms with van der Waals surface area (Å²) < 4.78 is 29.7. The number of aromatic nitrogens is 1. The third-order valence-corrected chi connectivity index (χ3v) is 5.42. The summed E-state index contributed by atoms with van der Waals surface area (Å²) in [7, 11) is 0. The molecule has 1 saturated heterocycles. The van der Waals surface area contributed by atoms with Gasteiger partial charge >= 0.3 is 5.97 Å². The normalized spacial score (nSPS) is 19.1. The van der Waals surface area contributed by atoms with Crippen molar-refractivity contribution in [1.82, 2.24) is 4.57 Å². The molecule has 0 aliphatic carbocycles. The molecule has 6 nitrogen and oxygen atoms in total. The number of carbonyl (C=O) groups is 1. The van der Waals surface area contributed by atoms with E-state index in [-0.39, 0.29) is 23.0 Å². The Labute approximate surface area is 164 Å². The summed E-state index contributed by atoms with van der Waals surface area (Å²) in [6.45, 7) is 3.02. The SMILES string of the molecule is CC1CN(c2cc3c(cc2F)c(=O)c(C(=O)O)cn3-c2ccc(F)cc2)CC1N. The van der Waals surface area contributed by atoms with E-state index in [4.69, 9.17) is 5.73 Å². The fraction of sp³-hybridized carbons (Fsp3) is 0.238. The van der Waals surface area contributed by atoms with Crippen molar-refractivity contribution in [3.8, 4) is 5.69 Å². The molecule has 4 rings (SSSR count). The number of aromatic carboxylic acids is 1. The number of carboxylic acid groups (broad SMARTS) is 1. The van der Waals surface area contributed by atoms with Gasteiger partial charge in [-0.05, 0) is 42.3 Å². The van der Waals surface area contributed by atoms with Gasteiger partial charge in [-0.15, -0.1) is 0 Å². The van der Waals surface area contributed by atoms with Crippen LogP contribution in [0.2, 0.25) is 0 Å². The van der Waals surface area contributed by atoms with Crippen LogP contribution >= 0.6 is 0 Å². The van der Waals surface area contributed by atoms with Gasteiger partial charge in [-0.1, -0.05) is 6.92 Å². The van der Waals surface area contributed by atoms with Crippen LogP contribution in [0, 0.1) is 17.6 Å². The van der Waals surface area contributed by atoms with Gasteiger partial charge in [-0.2, -0.15) is 0 Å². The average molecular weight is 399 g/mol. The van der Waals surface area contributed by atoms with Crippen LogP contribution in [0.25, 0.3) is 16.6 Å². The van der Waals surface area contributed by atoms with Gasteiger partial charge in [0.1, 0.15) is 17.2 Å². The van der Waals surface area contributed by atoms with Crippen molar-refractivity contribution in [1.29, 1.82) is 0 Å². The number of hydrogen-bond donors (Lipinski definition) is 2. The predicted molar refractivity (Wildman–Crippen MR) is 106 cm³/mol. The zero-order valence-corrected chi connectivity index (χ0v) is 15.6. The van der Waals surface area contributed by atoms with E-state index in [0.717, 1.165) is 6.07 Å². The second-order valence-corrected chi connectivity index (χ2v) is 7.39. The molecular weight excluding hydrogens is 380 g/mol. The van der Waals surface area contributed by atoms with E-state index >= 15 is 0 Å². The van der Waals surface area contributed by atoms with Gasteiger partial charge in [0.2, 0.25) is 5.43 Å². The highest BCUT2D eigenvalue weighted by atomic mass is 19.1. The number of nitrogens with zero attached hydrogens (tertiary/aromatic N) is 2. The largest absolute Gasteiger partial charge is 0.477 e. The number of rotatable bonds is 3. The number of carboxylic acids is 1. The van der Waals surface area contributed by atoms with Crippen molar-refractivity contribution in [2.45, 2.75) is 13.0 Å². The minimum atomic E-state index is -1.42. The lowest BCUT2D eigenvalue weighted by Crippen LogP contribution is -2.28.